The summed E-state index contributed by atoms with van der Waals surface area (Å²) < 4.78 is 12.8. The Labute approximate surface area is 223 Å². The van der Waals surface area contributed by atoms with Crippen molar-refractivity contribution in [1.82, 2.24) is 30.3 Å². The molecule has 2 atom stereocenters. The van der Waals surface area contributed by atoms with Gasteiger partial charge in [-0.2, -0.15) is 5.10 Å². The number of benzene rings is 1. The third kappa shape index (κ3) is 7.02. The molecule has 0 unspecified atom stereocenters. The number of aromatic nitrogens is 3. The summed E-state index contributed by atoms with van der Waals surface area (Å²) in [5.41, 5.74) is 1.98. The monoisotopic (exact) mass is 526 g/mol. The van der Waals surface area contributed by atoms with E-state index in [1.807, 2.05) is 11.0 Å². The molecule has 1 saturated heterocycles. The molecule has 2 aromatic rings. The lowest BCUT2D eigenvalue weighted by atomic mass is 10.0. The van der Waals surface area contributed by atoms with E-state index in [0.717, 1.165) is 30.4 Å². The van der Waals surface area contributed by atoms with Crippen LogP contribution >= 0.6 is 0 Å². The average Bonchev–Trinajstić information content (AvgIpc) is 3.57. The first-order chi connectivity index (χ1) is 18.5. The topological polar surface area (TPSA) is 128 Å². The van der Waals surface area contributed by atoms with Gasteiger partial charge in [0.15, 0.2) is 11.5 Å². The minimum Gasteiger partial charge on any atom is -0.493 e. The van der Waals surface area contributed by atoms with Gasteiger partial charge in [-0.05, 0) is 55.7 Å². The van der Waals surface area contributed by atoms with Crippen molar-refractivity contribution in [3.05, 3.63) is 35.9 Å². The smallest absolute Gasteiger partial charge is 0.223 e. The molecule has 1 aromatic carbocycles. The van der Waals surface area contributed by atoms with E-state index in [-0.39, 0.29) is 36.2 Å². The van der Waals surface area contributed by atoms with Gasteiger partial charge in [-0.15, -0.1) is 0 Å². The molecule has 3 heterocycles. The fourth-order valence-electron chi connectivity index (χ4n) is 5.45. The molecule has 0 saturated carbocycles. The third-order valence-electron chi connectivity index (χ3n) is 7.31. The van der Waals surface area contributed by atoms with Crippen LogP contribution in [0.15, 0.2) is 24.8 Å². The summed E-state index contributed by atoms with van der Waals surface area (Å²) >= 11 is 0. The Morgan fingerprint density at radius 1 is 1.05 bits per heavy atom. The maximum atomic E-state index is 13.3. The largest absolute Gasteiger partial charge is 0.493 e. The van der Waals surface area contributed by atoms with Crippen LogP contribution in [-0.2, 0) is 33.8 Å². The second-order valence-corrected chi connectivity index (χ2v) is 9.90. The summed E-state index contributed by atoms with van der Waals surface area (Å²) in [5, 5.41) is 10.1. The molecule has 2 aliphatic heterocycles. The number of carbonyl (C=O) groups excluding carboxylic acids is 3. The van der Waals surface area contributed by atoms with E-state index >= 15 is 0 Å². The second-order valence-electron chi connectivity index (χ2n) is 9.90. The Bertz CT molecular complexity index is 1110. The minimum absolute atomic E-state index is 0.00722. The lowest BCUT2D eigenvalue weighted by Crippen LogP contribution is -2.47. The Kier molecular flexibility index (Phi) is 9.56. The normalized spacial score (nSPS) is 20.8. The quantitative estimate of drug-likeness (QED) is 0.586. The van der Waals surface area contributed by atoms with Crippen molar-refractivity contribution in [2.75, 3.05) is 27.3 Å². The number of aryl methyl sites for hydroxylation is 3. The van der Waals surface area contributed by atoms with Gasteiger partial charge in [0.05, 0.1) is 14.2 Å². The van der Waals surface area contributed by atoms with Gasteiger partial charge in [-0.25, -0.2) is 4.98 Å². The van der Waals surface area contributed by atoms with Crippen LogP contribution in [0.2, 0.25) is 0 Å². The van der Waals surface area contributed by atoms with Gasteiger partial charge in [0.25, 0.3) is 0 Å². The highest BCUT2D eigenvalue weighted by molar-refractivity contribution is 5.81. The number of fused-ring (bicyclic) bond motifs is 4. The van der Waals surface area contributed by atoms with Gasteiger partial charge < -0.3 is 25.0 Å². The predicted molar refractivity (Wildman–Crippen MR) is 140 cm³/mol. The molecular weight excluding hydrogens is 488 g/mol. The maximum absolute atomic E-state index is 13.3. The molecule has 0 aliphatic carbocycles. The molecule has 11 heteroatoms. The summed E-state index contributed by atoms with van der Waals surface area (Å²) in [6, 6.07) is 3.66. The highest BCUT2D eigenvalue weighted by Gasteiger charge is 2.37. The first-order valence-corrected chi connectivity index (χ1v) is 13.4. The molecular formula is C27H38N6O5. The number of nitrogens with zero attached hydrogens (tertiary/aromatic N) is 4. The summed E-state index contributed by atoms with van der Waals surface area (Å²) in [7, 11) is 3.22. The number of hydrogen-bond acceptors (Lipinski definition) is 7. The van der Waals surface area contributed by atoms with Crippen molar-refractivity contribution in [1.29, 1.82) is 0 Å². The van der Waals surface area contributed by atoms with Gasteiger partial charge >= 0.3 is 0 Å². The van der Waals surface area contributed by atoms with E-state index in [2.05, 4.69) is 26.8 Å². The number of amides is 3. The molecule has 4 bridgehead atoms. The van der Waals surface area contributed by atoms with Crippen molar-refractivity contribution < 1.29 is 23.9 Å². The zero-order valence-electron chi connectivity index (χ0n) is 22.3. The Balaban J connectivity index is 1.45. The number of carbonyl (C=O) groups is 3. The van der Waals surface area contributed by atoms with Crippen LogP contribution in [0.4, 0.5) is 0 Å². The molecule has 2 aliphatic rings. The average molecular weight is 527 g/mol. The van der Waals surface area contributed by atoms with E-state index in [4.69, 9.17) is 9.47 Å². The lowest BCUT2D eigenvalue weighted by molar-refractivity contribution is -0.136. The third-order valence-corrected chi connectivity index (χ3v) is 7.31. The van der Waals surface area contributed by atoms with Crippen LogP contribution in [0.25, 0.3) is 0 Å². The van der Waals surface area contributed by atoms with Gasteiger partial charge in [0, 0.05) is 51.0 Å². The van der Waals surface area contributed by atoms with E-state index in [1.165, 1.54) is 6.33 Å². The number of ether oxygens (including phenoxy) is 2. The molecule has 38 heavy (non-hydrogen) atoms. The Morgan fingerprint density at radius 2 is 1.89 bits per heavy atom. The van der Waals surface area contributed by atoms with Crippen LogP contribution in [-0.4, -0.2) is 76.8 Å². The van der Waals surface area contributed by atoms with Crippen LogP contribution in [0.5, 0.6) is 11.5 Å². The van der Waals surface area contributed by atoms with E-state index < -0.39 is 0 Å². The maximum Gasteiger partial charge on any atom is 0.223 e. The molecule has 0 spiro atoms. The van der Waals surface area contributed by atoms with Gasteiger partial charge in [-0.3, -0.25) is 19.1 Å². The zero-order valence-corrected chi connectivity index (χ0v) is 22.3. The second kappa shape index (κ2) is 13.3. The van der Waals surface area contributed by atoms with Crippen molar-refractivity contribution in [2.45, 2.75) is 76.4 Å². The van der Waals surface area contributed by atoms with Crippen LogP contribution in [0, 0.1) is 0 Å². The molecule has 1 fully saturated rings. The highest BCUT2D eigenvalue weighted by atomic mass is 16.5. The first kappa shape index (κ1) is 27.4. The fourth-order valence-corrected chi connectivity index (χ4v) is 5.45. The summed E-state index contributed by atoms with van der Waals surface area (Å²) in [5.74, 6) is 1.19. The van der Waals surface area contributed by atoms with E-state index in [9.17, 15) is 14.4 Å². The molecule has 4 rings (SSSR count). The molecule has 206 valence electrons. The zero-order chi connectivity index (χ0) is 26.9. The molecule has 11 nitrogen and oxygen atoms in total. The number of nitrogens with one attached hydrogen (secondary N) is 2. The first-order valence-electron chi connectivity index (χ1n) is 13.4. The molecule has 2 N–H and O–H groups in total. The van der Waals surface area contributed by atoms with Crippen molar-refractivity contribution in [3.63, 3.8) is 0 Å². The van der Waals surface area contributed by atoms with Crippen LogP contribution < -0.4 is 20.1 Å². The van der Waals surface area contributed by atoms with Gasteiger partial charge in [-0.1, -0.05) is 6.07 Å². The van der Waals surface area contributed by atoms with E-state index in [0.29, 0.717) is 63.2 Å². The van der Waals surface area contributed by atoms with E-state index in [1.54, 1.807) is 25.2 Å². The van der Waals surface area contributed by atoms with Gasteiger partial charge in [0.2, 0.25) is 17.7 Å². The number of hydrogen-bond donors (Lipinski definition) is 2. The molecule has 3 amide bonds. The number of rotatable bonds is 6. The summed E-state index contributed by atoms with van der Waals surface area (Å²) in [6.07, 6.45) is 8.15. The SMILES string of the molecule is COc1cc2cc(c1OC)CCCNC(=O)C[C@@H]1CC[C@H](CNC(=O)CC2)N1C(=O)CCCn1cncn1. The van der Waals surface area contributed by atoms with Gasteiger partial charge in [0.1, 0.15) is 12.7 Å². The molecule has 0 radical (unpaired) electrons. The summed E-state index contributed by atoms with van der Waals surface area (Å²) in [4.78, 5) is 44.7. The lowest BCUT2D eigenvalue weighted by Gasteiger charge is -2.30. The Morgan fingerprint density at radius 3 is 2.66 bits per heavy atom. The predicted octanol–water partition coefficient (Wildman–Crippen LogP) is 1.64. The Hall–Kier alpha value is -3.63. The summed E-state index contributed by atoms with van der Waals surface area (Å²) in [6.45, 7) is 1.50. The van der Waals surface area contributed by atoms with Crippen molar-refractivity contribution in [3.8, 4) is 11.5 Å². The highest BCUT2D eigenvalue weighted by Crippen LogP contribution is 2.34. The van der Waals surface area contributed by atoms with Crippen LogP contribution in [0.3, 0.4) is 0 Å². The van der Waals surface area contributed by atoms with Crippen LogP contribution in [0.1, 0.15) is 56.1 Å². The molecule has 1 aromatic heterocycles. The van der Waals surface area contributed by atoms with Crippen molar-refractivity contribution in [2.24, 2.45) is 0 Å². The minimum atomic E-state index is -0.175. The number of methoxy groups -OCH3 is 2. The fraction of sp³-hybridized carbons (Fsp3) is 0.593. The van der Waals surface area contributed by atoms with Crippen molar-refractivity contribution >= 4 is 17.7 Å². The standard InChI is InChI=1S/C27H38N6O5/c1-37-23-14-19-7-10-24(34)30-16-22-9-8-21(33(22)26(36)6-4-12-32-18-28-17-31-32)15-25(35)29-11-3-5-20(13-19)27(23)38-2/h13-14,17-18,21-22H,3-12,15-16H2,1-2H3,(H,29,35)(H,30,34)/t21-,22+/m0/s1.